The van der Waals surface area contributed by atoms with Gasteiger partial charge in [-0.3, -0.25) is 9.69 Å². The number of nitrogens with zero attached hydrogens (tertiary/aromatic N) is 1. The summed E-state index contributed by atoms with van der Waals surface area (Å²) in [4.78, 5) is 13.6. The number of nitrogens with two attached hydrogens (primary N) is 1. The summed E-state index contributed by atoms with van der Waals surface area (Å²) < 4.78 is 0. The number of amides is 1. The molecule has 1 aromatic rings. The first-order valence-electron chi connectivity index (χ1n) is 6.43. The lowest BCUT2D eigenvalue weighted by atomic mass is 10.1. The summed E-state index contributed by atoms with van der Waals surface area (Å²) in [5.74, 6) is 0.0701. The van der Waals surface area contributed by atoms with Crippen LogP contribution in [0.25, 0.3) is 0 Å². The number of nitrogens with one attached hydrogen (secondary N) is 1. The fourth-order valence-corrected chi connectivity index (χ4v) is 1.84. The summed E-state index contributed by atoms with van der Waals surface area (Å²) in [7, 11) is 1.67. The van der Waals surface area contributed by atoms with E-state index in [2.05, 4.69) is 17.1 Å². The minimum atomic E-state index is 0.0701. The second-order valence-electron chi connectivity index (χ2n) is 4.44. The Balaban J connectivity index is 2.45. The smallest absolute Gasteiger partial charge is 0.233 e. The van der Waals surface area contributed by atoms with Crippen LogP contribution in [0.3, 0.4) is 0 Å². The molecule has 0 aliphatic heterocycles. The summed E-state index contributed by atoms with van der Waals surface area (Å²) in [5, 5.41) is 2.66. The molecule has 1 rings (SSSR count). The van der Waals surface area contributed by atoms with Gasteiger partial charge in [-0.2, -0.15) is 0 Å². The van der Waals surface area contributed by atoms with Gasteiger partial charge in [-0.15, -0.1) is 0 Å². The van der Waals surface area contributed by atoms with Crippen LogP contribution in [-0.2, 0) is 11.2 Å². The van der Waals surface area contributed by atoms with Gasteiger partial charge in [0.05, 0.1) is 6.54 Å². The number of carbonyl (C=O) groups is 1. The maximum atomic E-state index is 11.4. The van der Waals surface area contributed by atoms with Gasteiger partial charge in [-0.1, -0.05) is 19.1 Å². The summed E-state index contributed by atoms with van der Waals surface area (Å²) in [6.07, 6.45) is 2.00. The zero-order valence-electron chi connectivity index (χ0n) is 11.3. The third kappa shape index (κ3) is 5.19. The van der Waals surface area contributed by atoms with E-state index in [9.17, 15) is 4.79 Å². The summed E-state index contributed by atoms with van der Waals surface area (Å²) in [6, 6.07) is 7.91. The molecule has 0 fully saturated rings. The monoisotopic (exact) mass is 249 g/mol. The predicted octanol–water partition coefficient (Wildman–Crippen LogP) is 1.27. The van der Waals surface area contributed by atoms with E-state index >= 15 is 0 Å². The van der Waals surface area contributed by atoms with Gasteiger partial charge in [-0.25, -0.2) is 0 Å². The first kappa shape index (κ1) is 14.5. The predicted molar refractivity (Wildman–Crippen MR) is 75.4 cm³/mol. The number of hydrogen-bond acceptors (Lipinski definition) is 3. The van der Waals surface area contributed by atoms with Crippen LogP contribution in [0, 0.1) is 0 Å². The molecular weight excluding hydrogens is 226 g/mol. The second-order valence-corrected chi connectivity index (χ2v) is 4.44. The van der Waals surface area contributed by atoms with Gasteiger partial charge >= 0.3 is 0 Å². The van der Waals surface area contributed by atoms with Crippen LogP contribution in [0.15, 0.2) is 24.3 Å². The molecule has 0 aromatic heterocycles. The number of anilines is 1. The van der Waals surface area contributed by atoms with E-state index in [0.717, 1.165) is 31.6 Å². The Morgan fingerprint density at radius 3 is 2.50 bits per heavy atom. The number of hydrogen-bond donors (Lipinski definition) is 2. The molecule has 0 unspecified atom stereocenters. The van der Waals surface area contributed by atoms with E-state index in [4.69, 9.17) is 5.73 Å². The van der Waals surface area contributed by atoms with Gasteiger partial charge in [0.2, 0.25) is 5.91 Å². The zero-order chi connectivity index (χ0) is 13.4. The van der Waals surface area contributed by atoms with E-state index in [-0.39, 0.29) is 5.91 Å². The highest BCUT2D eigenvalue weighted by atomic mass is 16.1. The lowest BCUT2D eigenvalue weighted by molar-refractivity contribution is -0.121. The van der Waals surface area contributed by atoms with Crippen molar-refractivity contribution in [2.24, 2.45) is 0 Å². The molecule has 0 saturated heterocycles. The highest BCUT2D eigenvalue weighted by molar-refractivity contribution is 5.77. The van der Waals surface area contributed by atoms with Gasteiger partial charge in [-0.05, 0) is 37.1 Å². The summed E-state index contributed by atoms with van der Waals surface area (Å²) in [5.41, 5.74) is 7.69. The Bertz CT molecular complexity index is 362. The molecule has 0 aliphatic rings. The maximum absolute atomic E-state index is 11.4. The van der Waals surface area contributed by atoms with Gasteiger partial charge in [0.15, 0.2) is 0 Å². The summed E-state index contributed by atoms with van der Waals surface area (Å²) >= 11 is 0. The van der Waals surface area contributed by atoms with Crippen molar-refractivity contribution >= 4 is 11.6 Å². The second kappa shape index (κ2) is 7.71. The highest BCUT2D eigenvalue weighted by Crippen LogP contribution is 2.07. The van der Waals surface area contributed by atoms with Crippen LogP contribution >= 0.6 is 0 Å². The van der Waals surface area contributed by atoms with Gasteiger partial charge in [0.25, 0.3) is 0 Å². The zero-order valence-corrected chi connectivity index (χ0v) is 11.3. The Morgan fingerprint density at radius 2 is 1.94 bits per heavy atom. The van der Waals surface area contributed by atoms with E-state index < -0.39 is 0 Å². The average molecular weight is 249 g/mol. The molecule has 0 radical (unpaired) electrons. The van der Waals surface area contributed by atoms with Crippen LogP contribution in [0.1, 0.15) is 18.9 Å². The normalized spacial score (nSPS) is 10.6. The fraction of sp³-hybridized carbons (Fsp3) is 0.500. The van der Waals surface area contributed by atoms with Crippen LogP contribution < -0.4 is 11.1 Å². The first-order chi connectivity index (χ1) is 8.65. The largest absolute Gasteiger partial charge is 0.399 e. The molecule has 100 valence electrons. The Morgan fingerprint density at radius 1 is 1.28 bits per heavy atom. The molecule has 0 aliphatic carbocycles. The molecule has 0 spiro atoms. The third-order valence-electron chi connectivity index (χ3n) is 2.88. The molecule has 4 nitrogen and oxygen atoms in total. The van der Waals surface area contributed by atoms with Crippen LogP contribution in [0.2, 0.25) is 0 Å². The average Bonchev–Trinajstić information content (AvgIpc) is 2.38. The van der Waals surface area contributed by atoms with E-state index in [1.54, 1.807) is 7.05 Å². The van der Waals surface area contributed by atoms with Crippen molar-refractivity contribution in [1.82, 2.24) is 10.2 Å². The Hall–Kier alpha value is -1.55. The van der Waals surface area contributed by atoms with Crippen LogP contribution in [0.5, 0.6) is 0 Å². The van der Waals surface area contributed by atoms with Crippen molar-refractivity contribution in [3.05, 3.63) is 29.8 Å². The van der Waals surface area contributed by atoms with Crippen molar-refractivity contribution in [3.63, 3.8) is 0 Å². The number of likely N-dealkylation sites (N-methyl/N-ethyl adjacent to an activating group) is 1. The minimum Gasteiger partial charge on any atom is -0.399 e. The standard InChI is InChI=1S/C14H23N3O/c1-3-9-17(11-14(18)16-2)10-8-12-4-6-13(15)7-5-12/h4-7H,3,8-11,15H2,1-2H3,(H,16,18). The molecule has 3 N–H and O–H groups in total. The molecule has 0 bridgehead atoms. The van der Waals surface area contributed by atoms with Crippen LogP contribution in [-0.4, -0.2) is 37.5 Å². The number of benzene rings is 1. The molecule has 1 amide bonds. The molecule has 0 atom stereocenters. The topological polar surface area (TPSA) is 58.4 Å². The molecular formula is C14H23N3O. The molecule has 18 heavy (non-hydrogen) atoms. The van der Waals surface area contributed by atoms with E-state index in [1.165, 1.54) is 5.56 Å². The van der Waals surface area contributed by atoms with E-state index in [0.29, 0.717) is 6.54 Å². The van der Waals surface area contributed by atoms with Crippen molar-refractivity contribution < 1.29 is 4.79 Å². The van der Waals surface area contributed by atoms with Crippen molar-refractivity contribution in [3.8, 4) is 0 Å². The van der Waals surface area contributed by atoms with Crippen molar-refractivity contribution in [1.29, 1.82) is 0 Å². The Kier molecular flexibility index (Phi) is 6.22. The third-order valence-corrected chi connectivity index (χ3v) is 2.88. The SMILES string of the molecule is CCCN(CCc1ccc(N)cc1)CC(=O)NC. The molecule has 0 heterocycles. The Labute approximate surface area is 109 Å². The highest BCUT2D eigenvalue weighted by Gasteiger charge is 2.08. The summed E-state index contributed by atoms with van der Waals surface area (Å²) in [6.45, 7) is 4.44. The lowest BCUT2D eigenvalue weighted by Gasteiger charge is -2.20. The fourth-order valence-electron chi connectivity index (χ4n) is 1.84. The first-order valence-corrected chi connectivity index (χ1v) is 6.43. The van der Waals surface area contributed by atoms with Crippen molar-refractivity contribution in [2.45, 2.75) is 19.8 Å². The number of carbonyl (C=O) groups excluding carboxylic acids is 1. The molecule has 1 aromatic carbocycles. The molecule has 0 saturated carbocycles. The van der Waals surface area contributed by atoms with Gasteiger partial charge < -0.3 is 11.1 Å². The number of rotatable bonds is 7. The minimum absolute atomic E-state index is 0.0701. The maximum Gasteiger partial charge on any atom is 0.233 e. The van der Waals surface area contributed by atoms with Gasteiger partial charge in [0, 0.05) is 19.3 Å². The quantitative estimate of drug-likeness (QED) is 0.715. The van der Waals surface area contributed by atoms with Gasteiger partial charge in [0.1, 0.15) is 0 Å². The molecule has 4 heteroatoms. The van der Waals surface area contributed by atoms with E-state index in [1.807, 2.05) is 24.3 Å². The van der Waals surface area contributed by atoms with Crippen LogP contribution in [0.4, 0.5) is 5.69 Å². The lowest BCUT2D eigenvalue weighted by Crippen LogP contribution is -2.37. The van der Waals surface area contributed by atoms with Crippen molar-refractivity contribution in [2.75, 3.05) is 32.4 Å². The number of nitrogen functional groups attached to an aromatic ring is 1.